The molecule has 2 aromatic carbocycles. The molecule has 8 nitrogen and oxygen atoms in total. The number of rotatable bonds is 9. The number of fused-ring (bicyclic) bond motifs is 1. The Morgan fingerprint density at radius 2 is 1.86 bits per heavy atom. The molecule has 4 rings (SSSR count). The summed E-state index contributed by atoms with van der Waals surface area (Å²) in [6, 6.07) is 12.2. The summed E-state index contributed by atoms with van der Waals surface area (Å²) in [7, 11) is 0. The van der Waals surface area contributed by atoms with Gasteiger partial charge in [0.25, 0.3) is 11.5 Å². The molecular weight excluding hydrogens is 485 g/mol. The monoisotopic (exact) mass is 509 g/mol. The van der Waals surface area contributed by atoms with Gasteiger partial charge in [0.05, 0.1) is 18.6 Å². The number of nitrogens with one attached hydrogen (secondary N) is 1. The molecule has 0 saturated heterocycles. The van der Waals surface area contributed by atoms with Crippen LogP contribution in [0.4, 0.5) is 9.39 Å². The van der Waals surface area contributed by atoms with E-state index in [2.05, 4.69) is 17.3 Å². The lowest BCUT2D eigenvalue weighted by atomic mass is 10.2. The summed E-state index contributed by atoms with van der Waals surface area (Å²) in [6.07, 6.45) is 1.95. The topological polar surface area (TPSA) is 99.5 Å². The Labute approximate surface area is 210 Å². The number of nitrogens with zero attached hydrogens (tertiary/aromatic N) is 2. The van der Waals surface area contributed by atoms with Gasteiger partial charge < -0.3 is 14.8 Å². The number of unbranched alkanes of at least 4 members (excludes halogenated alkanes) is 1. The zero-order valence-corrected chi connectivity index (χ0v) is 20.6. The Bertz CT molecular complexity index is 1460. The van der Waals surface area contributed by atoms with E-state index in [1.165, 1.54) is 18.2 Å². The number of ether oxygens (including phenoxy) is 2. The molecule has 0 aliphatic carbocycles. The number of esters is 1. The van der Waals surface area contributed by atoms with Gasteiger partial charge in [-0.05, 0) is 49.7 Å². The Balaban J connectivity index is 1.73. The number of hydrogen-bond acceptors (Lipinski definition) is 7. The van der Waals surface area contributed by atoms with Gasteiger partial charge >= 0.3 is 5.97 Å². The summed E-state index contributed by atoms with van der Waals surface area (Å²) in [5.74, 6) is -1.25. The van der Waals surface area contributed by atoms with Crippen molar-refractivity contribution in [1.82, 2.24) is 9.78 Å². The van der Waals surface area contributed by atoms with Crippen molar-refractivity contribution < 1.29 is 23.5 Å². The molecule has 1 amide bonds. The van der Waals surface area contributed by atoms with E-state index < -0.39 is 23.3 Å². The minimum absolute atomic E-state index is 0.0363. The number of carbonyl (C=O) groups is 2. The summed E-state index contributed by atoms with van der Waals surface area (Å²) in [5.41, 5.74) is -0.606. The summed E-state index contributed by atoms with van der Waals surface area (Å²) < 4.78 is 26.1. The minimum atomic E-state index is -0.762. The lowest BCUT2D eigenvalue weighted by molar-refractivity contribution is 0.0519. The second-order valence-electron chi connectivity index (χ2n) is 7.77. The maximum absolute atomic E-state index is 14.5. The van der Waals surface area contributed by atoms with E-state index in [1.54, 1.807) is 42.6 Å². The predicted molar refractivity (Wildman–Crippen MR) is 136 cm³/mol. The molecule has 0 aliphatic heterocycles. The van der Waals surface area contributed by atoms with E-state index in [0.29, 0.717) is 17.9 Å². The molecule has 10 heteroatoms. The summed E-state index contributed by atoms with van der Waals surface area (Å²) in [4.78, 5) is 39.0. The number of thiophene rings is 1. The van der Waals surface area contributed by atoms with E-state index in [4.69, 9.17) is 9.47 Å². The number of benzene rings is 2. The lowest BCUT2D eigenvalue weighted by Crippen LogP contribution is -2.26. The van der Waals surface area contributed by atoms with Crippen molar-refractivity contribution in [2.75, 3.05) is 18.5 Å². The van der Waals surface area contributed by atoms with Crippen LogP contribution in [0.2, 0.25) is 0 Å². The molecule has 1 N–H and O–H groups in total. The van der Waals surface area contributed by atoms with E-state index in [1.807, 2.05) is 0 Å². The molecule has 0 saturated carbocycles. The highest BCUT2D eigenvalue weighted by atomic mass is 32.1. The summed E-state index contributed by atoms with van der Waals surface area (Å²) in [6.45, 7) is 4.39. The lowest BCUT2D eigenvalue weighted by Gasteiger charge is -2.10. The van der Waals surface area contributed by atoms with E-state index >= 15 is 0 Å². The van der Waals surface area contributed by atoms with Crippen molar-refractivity contribution in [2.45, 2.75) is 26.7 Å². The Morgan fingerprint density at radius 1 is 1.11 bits per heavy atom. The number of anilines is 1. The van der Waals surface area contributed by atoms with Gasteiger partial charge in [-0.1, -0.05) is 25.5 Å². The van der Waals surface area contributed by atoms with Crippen LogP contribution in [0.5, 0.6) is 5.75 Å². The van der Waals surface area contributed by atoms with Crippen LogP contribution >= 0.6 is 11.3 Å². The Morgan fingerprint density at radius 3 is 2.56 bits per heavy atom. The fourth-order valence-corrected chi connectivity index (χ4v) is 4.42. The normalized spacial score (nSPS) is 10.9. The second-order valence-corrected chi connectivity index (χ2v) is 8.65. The molecule has 0 radical (unpaired) electrons. The molecule has 0 fully saturated rings. The SMILES string of the molecule is CCCCOc1ccc(C(=O)Nc2scc3c(C(=O)OCC)nn(-c4ccccc4F)c(=O)c23)cc1. The quantitative estimate of drug-likeness (QED) is 0.246. The molecule has 2 heterocycles. The number of carbonyl (C=O) groups excluding carboxylic acids is 2. The number of amides is 1. The van der Waals surface area contributed by atoms with Gasteiger partial charge in [0.2, 0.25) is 0 Å². The van der Waals surface area contributed by atoms with E-state index in [9.17, 15) is 18.8 Å². The smallest absolute Gasteiger partial charge is 0.359 e. The largest absolute Gasteiger partial charge is 0.494 e. The number of aromatic nitrogens is 2. The van der Waals surface area contributed by atoms with Gasteiger partial charge in [-0.25, -0.2) is 9.18 Å². The average molecular weight is 510 g/mol. The molecule has 4 aromatic rings. The first-order valence-electron chi connectivity index (χ1n) is 11.4. The molecule has 0 unspecified atom stereocenters. The number of hydrogen-bond donors (Lipinski definition) is 1. The molecule has 0 spiro atoms. The molecule has 2 aromatic heterocycles. The molecular formula is C26H24FN3O5S. The Hall–Kier alpha value is -4.05. The fraction of sp³-hybridized carbons (Fsp3) is 0.231. The highest BCUT2D eigenvalue weighted by molar-refractivity contribution is 7.16. The zero-order valence-electron chi connectivity index (χ0n) is 19.7. The standard InChI is InChI=1S/C26H24FN3O5S/c1-3-5-14-35-17-12-10-16(11-13-17)23(31)28-24-21-18(15-36-24)22(26(33)34-4-2)29-30(25(21)32)20-9-7-6-8-19(20)27/h6-13,15H,3-5,14H2,1-2H3,(H,28,31). The van der Waals surface area contributed by atoms with Gasteiger partial charge in [-0.15, -0.1) is 11.3 Å². The van der Waals surface area contributed by atoms with Crippen molar-refractivity contribution in [2.24, 2.45) is 0 Å². The number of para-hydroxylation sites is 1. The first kappa shape index (κ1) is 25.1. The van der Waals surface area contributed by atoms with Crippen LogP contribution in [0, 0.1) is 5.82 Å². The van der Waals surface area contributed by atoms with Crippen LogP contribution in [0.25, 0.3) is 16.5 Å². The highest BCUT2D eigenvalue weighted by Crippen LogP contribution is 2.31. The van der Waals surface area contributed by atoms with Crippen LogP contribution in [0.15, 0.2) is 58.7 Å². The van der Waals surface area contributed by atoms with Crippen LogP contribution in [-0.4, -0.2) is 34.9 Å². The van der Waals surface area contributed by atoms with Crippen molar-refractivity contribution in [3.8, 4) is 11.4 Å². The van der Waals surface area contributed by atoms with Crippen molar-refractivity contribution >= 4 is 39.0 Å². The Kier molecular flexibility index (Phi) is 7.74. The van der Waals surface area contributed by atoms with Crippen molar-refractivity contribution in [3.63, 3.8) is 0 Å². The third kappa shape index (κ3) is 5.13. The third-order valence-electron chi connectivity index (χ3n) is 5.31. The second kappa shape index (κ2) is 11.1. The summed E-state index contributed by atoms with van der Waals surface area (Å²) >= 11 is 1.06. The van der Waals surface area contributed by atoms with Crippen LogP contribution in [-0.2, 0) is 4.74 Å². The van der Waals surface area contributed by atoms with Crippen LogP contribution < -0.4 is 15.6 Å². The van der Waals surface area contributed by atoms with Gasteiger partial charge in [-0.2, -0.15) is 9.78 Å². The van der Waals surface area contributed by atoms with E-state index in [0.717, 1.165) is 28.9 Å². The maximum Gasteiger partial charge on any atom is 0.359 e. The minimum Gasteiger partial charge on any atom is -0.494 e. The first-order valence-corrected chi connectivity index (χ1v) is 12.3. The fourth-order valence-electron chi connectivity index (χ4n) is 3.49. The zero-order chi connectivity index (χ0) is 25.7. The van der Waals surface area contributed by atoms with Gasteiger partial charge in [0.1, 0.15) is 22.3 Å². The van der Waals surface area contributed by atoms with Crippen molar-refractivity contribution in [1.29, 1.82) is 0 Å². The van der Waals surface area contributed by atoms with Gasteiger partial charge in [-0.3, -0.25) is 9.59 Å². The molecule has 36 heavy (non-hydrogen) atoms. The predicted octanol–water partition coefficient (Wildman–Crippen LogP) is 5.19. The third-order valence-corrected chi connectivity index (χ3v) is 6.21. The van der Waals surface area contributed by atoms with Crippen LogP contribution in [0.1, 0.15) is 47.5 Å². The summed E-state index contributed by atoms with van der Waals surface area (Å²) in [5, 5.41) is 8.85. The first-order chi connectivity index (χ1) is 17.4. The number of halogens is 1. The van der Waals surface area contributed by atoms with E-state index in [-0.39, 0.29) is 33.8 Å². The van der Waals surface area contributed by atoms with Gasteiger partial charge in [0, 0.05) is 16.3 Å². The maximum atomic E-state index is 14.5. The molecule has 0 atom stereocenters. The molecule has 0 aliphatic rings. The van der Waals surface area contributed by atoms with Gasteiger partial charge in [0.15, 0.2) is 5.69 Å². The molecule has 0 bridgehead atoms. The average Bonchev–Trinajstić information content (AvgIpc) is 3.29. The van der Waals surface area contributed by atoms with Crippen molar-refractivity contribution in [3.05, 3.63) is 81.3 Å². The van der Waals surface area contributed by atoms with Crippen LogP contribution in [0.3, 0.4) is 0 Å². The highest BCUT2D eigenvalue weighted by Gasteiger charge is 2.24. The molecule has 186 valence electrons.